The fourth-order valence-corrected chi connectivity index (χ4v) is 3.71. The molecule has 3 fully saturated rings. The molecule has 1 saturated heterocycles. The van der Waals surface area contributed by atoms with Gasteiger partial charge >= 0.3 is 11.9 Å². The first-order valence-corrected chi connectivity index (χ1v) is 7.94. The summed E-state index contributed by atoms with van der Waals surface area (Å²) < 4.78 is 11.8. The molecule has 100 valence electrons. The Kier molecular flexibility index (Phi) is 2.88. The predicted molar refractivity (Wildman–Crippen MR) is 72.1 cm³/mol. The molecule has 5 atom stereocenters. The molecule has 5 unspecified atom stereocenters. The highest BCUT2D eigenvalue weighted by Crippen LogP contribution is 2.55. The van der Waals surface area contributed by atoms with Crippen molar-refractivity contribution in [3.63, 3.8) is 0 Å². The van der Waals surface area contributed by atoms with Crippen LogP contribution < -0.4 is 0 Å². The molecule has 1 aliphatic heterocycles. The first-order chi connectivity index (χ1) is 8.44. The van der Waals surface area contributed by atoms with Gasteiger partial charge in [0.2, 0.25) is 0 Å². The van der Waals surface area contributed by atoms with E-state index < -0.39 is 5.41 Å². The summed E-state index contributed by atoms with van der Waals surface area (Å²) in [4.78, 5) is 23.7. The molecule has 5 heteroatoms. The lowest BCUT2D eigenvalue weighted by Crippen LogP contribution is -2.40. The second-order valence-electron chi connectivity index (χ2n) is 6.29. The summed E-state index contributed by atoms with van der Waals surface area (Å²) in [7, 11) is 0. The van der Waals surface area contributed by atoms with Crippen LogP contribution in [-0.2, 0) is 19.1 Å². The average Bonchev–Trinajstić information content (AvgIpc) is 2.93. The number of alkyl halides is 1. The zero-order valence-corrected chi connectivity index (χ0v) is 12.7. The van der Waals surface area contributed by atoms with Crippen molar-refractivity contribution in [3.8, 4) is 0 Å². The summed E-state index contributed by atoms with van der Waals surface area (Å²) in [5.41, 5.74) is -0.468. The minimum Gasteiger partial charge on any atom is -0.458 e. The minimum absolute atomic E-state index is 0.0764. The second-order valence-corrected chi connectivity index (χ2v) is 7.05. The molecule has 2 saturated carbocycles. The van der Waals surface area contributed by atoms with Gasteiger partial charge in [-0.2, -0.15) is 0 Å². The van der Waals surface area contributed by atoms with Crippen LogP contribution in [0, 0.1) is 23.2 Å². The molecular formula is C13H17IO4. The van der Waals surface area contributed by atoms with Crippen molar-refractivity contribution < 1.29 is 19.1 Å². The van der Waals surface area contributed by atoms with Crippen LogP contribution in [0.2, 0.25) is 0 Å². The quantitative estimate of drug-likeness (QED) is 0.436. The lowest BCUT2D eigenvalue weighted by atomic mass is 9.87. The summed E-state index contributed by atoms with van der Waals surface area (Å²) in [5.74, 6) is 0.439. The lowest BCUT2D eigenvalue weighted by molar-refractivity contribution is -0.169. The van der Waals surface area contributed by atoms with Crippen LogP contribution in [0.25, 0.3) is 0 Å². The van der Waals surface area contributed by atoms with Gasteiger partial charge in [0.25, 0.3) is 0 Å². The number of fused-ring (bicyclic) bond motifs is 1. The van der Waals surface area contributed by atoms with E-state index in [9.17, 15) is 9.59 Å². The second kappa shape index (κ2) is 4.08. The third kappa shape index (κ3) is 1.69. The zero-order valence-electron chi connectivity index (χ0n) is 10.5. The maximum atomic E-state index is 12.1. The smallest absolute Gasteiger partial charge is 0.312 e. The zero-order chi connectivity index (χ0) is 13.1. The molecule has 0 N–H and O–H groups in total. The van der Waals surface area contributed by atoms with Crippen LogP contribution >= 0.6 is 22.6 Å². The number of carbonyl (C=O) groups excluding carboxylic acids is 2. The minimum atomic E-state index is -0.468. The van der Waals surface area contributed by atoms with E-state index in [1.54, 1.807) is 0 Å². The Bertz CT molecular complexity index is 406. The predicted octanol–water partition coefficient (Wildman–Crippen LogP) is 1.94. The molecule has 18 heavy (non-hydrogen) atoms. The number of halogens is 1. The third-order valence-electron chi connectivity index (χ3n) is 4.54. The van der Waals surface area contributed by atoms with Gasteiger partial charge in [0.1, 0.15) is 12.2 Å². The Morgan fingerprint density at radius 1 is 1.50 bits per heavy atom. The molecule has 0 aromatic rings. The van der Waals surface area contributed by atoms with Gasteiger partial charge < -0.3 is 9.47 Å². The van der Waals surface area contributed by atoms with Crippen molar-refractivity contribution in [1.29, 1.82) is 0 Å². The fraction of sp³-hybridized carbons (Fsp3) is 0.846. The topological polar surface area (TPSA) is 52.6 Å². The van der Waals surface area contributed by atoms with Gasteiger partial charge in [0.05, 0.1) is 11.3 Å². The Labute approximate surface area is 120 Å². The molecular weight excluding hydrogens is 347 g/mol. The molecule has 2 aliphatic carbocycles. The van der Waals surface area contributed by atoms with Gasteiger partial charge in [-0.3, -0.25) is 9.59 Å². The molecule has 0 spiro atoms. The number of carbonyl (C=O) groups is 2. The van der Waals surface area contributed by atoms with Crippen molar-refractivity contribution in [2.45, 2.75) is 38.9 Å². The Morgan fingerprint density at radius 3 is 2.89 bits per heavy atom. The van der Waals surface area contributed by atoms with Crippen molar-refractivity contribution >= 4 is 34.5 Å². The van der Waals surface area contributed by atoms with E-state index in [0.29, 0.717) is 11.8 Å². The normalized spacial score (nSPS) is 41.1. The summed E-state index contributed by atoms with van der Waals surface area (Å²) in [6.07, 6.45) is 1.44. The molecule has 1 heterocycles. The average molecular weight is 364 g/mol. The van der Waals surface area contributed by atoms with Crippen LogP contribution in [0.3, 0.4) is 0 Å². The lowest BCUT2D eigenvalue weighted by Gasteiger charge is -2.29. The molecule has 0 radical (unpaired) electrons. The monoisotopic (exact) mass is 364 g/mol. The van der Waals surface area contributed by atoms with E-state index in [1.165, 1.54) is 0 Å². The number of esters is 2. The highest BCUT2D eigenvalue weighted by molar-refractivity contribution is 14.1. The van der Waals surface area contributed by atoms with Gasteiger partial charge in [-0.05, 0) is 26.7 Å². The first-order valence-electron chi connectivity index (χ1n) is 6.41. The summed E-state index contributed by atoms with van der Waals surface area (Å²) >= 11 is 2.20. The summed E-state index contributed by atoms with van der Waals surface area (Å²) in [6.45, 7) is 3.77. The van der Waals surface area contributed by atoms with E-state index in [-0.39, 0.29) is 30.1 Å². The van der Waals surface area contributed by atoms with Crippen LogP contribution in [0.5, 0.6) is 0 Å². The van der Waals surface area contributed by atoms with Crippen molar-refractivity contribution in [2.75, 3.05) is 4.43 Å². The van der Waals surface area contributed by atoms with Gasteiger partial charge in [-0.15, -0.1) is 0 Å². The van der Waals surface area contributed by atoms with E-state index in [4.69, 9.17) is 9.47 Å². The third-order valence-corrected chi connectivity index (χ3v) is 6.45. The van der Waals surface area contributed by atoms with E-state index in [0.717, 1.165) is 17.3 Å². The van der Waals surface area contributed by atoms with Crippen molar-refractivity contribution in [2.24, 2.45) is 23.2 Å². The molecule has 3 rings (SSSR count). The number of ether oxygens (including phenoxy) is 2. The van der Waals surface area contributed by atoms with Crippen LogP contribution in [0.15, 0.2) is 0 Å². The number of hydrogen-bond acceptors (Lipinski definition) is 4. The highest BCUT2D eigenvalue weighted by Gasteiger charge is 2.63. The highest BCUT2D eigenvalue weighted by atomic mass is 127. The number of hydrogen-bond donors (Lipinski definition) is 0. The molecule has 3 aliphatic rings. The fourth-order valence-electron chi connectivity index (χ4n) is 3.40. The summed E-state index contributed by atoms with van der Waals surface area (Å²) in [6, 6.07) is 0. The molecule has 2 bridgehead atoms. The summed E-state index contributed by atoms with van der Waals surface area (Å²) in [5, 5.41) is 0. The van der Waals surface area contributed by atoms with Crippen LogP contribution in [0.1, 0.15) is 26.7 Å². The van der Waals surface area contributed by atoms with Crippen LogP contribution in [0.4, 0.5) is 0 Å². The Morgan fingerprint density at radius 2 is 2.22 bits per heavy atom. The van der Waals surface area contributed by atoms with Gasteiger partial charge in [-0.25, -0.2) is 0 Å². The first kappa shape index (κ1) is 12.7. The SMILES string of the molecule is CC(C)(CI)C(=O)OC1C2CC3C(=O)OC1C3C2. The van der Waals surface area contributed by atoms with E-state index >= 15 is 0 Å². The molecule has 4 nitrogen and oxygen atoms in total. The Balaban J connectivity index is 1.73. The largest absolute Gasteiger partial charge is 0.458 e. The standard InChI is InChI=1S/C13H17IO4/c1-13(2,5-14)12(16)18-9-6-3-7-8(4-6)11(15)17-10(7)9/h6-10H,3-5H2,1-2H3. The van der Waals surface area contributed by atoms with E-state index in [2.05, 4.69) is 22.6 Å². The Hall–Kier alpha value is -0.330. The van der Waals surface area contributed by atoms with Crippen LogP contribution in [-0.4, -0.2) is 28.6 Å². The van der Waals surface area contributed by atoms with Gasteiger partial charge in [0, 0.05) is 16.3 Å². The van der Waals surface area contributed by atoms with Crippen molar-refractivity contribution in [3.05, 3.63) is 0 Å². The molecule has 0 aromatic carbocycles. The van der Waals surface area contributed by atoms with Gasteiger partial charge in [-0.1, -0.05) is 22.6 Å². The maximum absolute atomic E-state index is 12.1. The van der Waals surface area contributed by atoms with Gasteiger partial charge in [0.15, 0.2) is 0 Å². The van der Waals surface area contributed by atoms with E-state index in [1.807, 2.05) is 13.8 Å². The maximum Gasteiger partial charge on any atom is 0.312 e. The molecule has 0 aromatic heterocycles. The van der Waals surface area contributed by atoms with Crippen molar-refractivity contribution in [1.82, 2.24) is 0 Å². The molecule has 0 amide bonds. The number of rotatable bonds is 3.